The van der Waals surface area contributed by atoms with Crippen LogP contribution in [0.15, 0.2) is 194 Å². The number of anilines is 3. The van der Waals surface area contributed by atoms with Crippen LogP contribution in [0.3, 0.4) is 0 Å². The molecule has 0 spiro atoms. The van der Waals surface area contributed by atoms with E-state index in [-0.39, 0.29) is 0 Å². The van der Waals surface area contributed by atoms with Crippen LogP contribution < -0.4 is 4.90 Å². The van der Waals surface area contributed by atoms with Crippen LogP contribution in [0.4, 0.5) is 17.1 Å². The monoisotopic (exact) mass is 760 g/mol. The molecule has 3 aromatic heterocycles. The SMILES string of the molecule is c1ccc2nc(-c3ccc(-c4ccc(N(c5ccc6cc7sc8ccccc8c7cc6c5)c5ccc6cc7sc8ccccc8c7cc6c5)cc4)cc3)ccc2c1. The van der Waals surface area contributed by atoms with Crippen LogP contribution in [0.5, 0.6) is 0 Å². The van der Waals surface area contributed by atoms with E-state index in [9.17, 15) is 0 Å². The molecule has 0 amide bonds. The number of para-hydroxylation sites is 1. The van der Waals surface area contributed by atoms with Gasteiger partial charge in [-0.3, -0.25) is 0 Å². The molecule has 12 aromatic rings. The van der Waals surface area contributed by atoms with Crippen LogP contribution in [-0.2, 0) is 0 Å². The van der Waals surface area contributed by atoms with E-state index in [1.54, 1.807) is 0 Å². The van der Waals surface area contributed by atoms with Gasteiger partial charge in [-0.2, -0.15) is 0 Å². The van der Waals surface area contributed by atoms with Crippen molar-refractivity contribution in [1.29, 1.82) is 0 Å². The highest BCUT2D eigenvalue weighted by Gasteiger charge is 2.16. The lowest BCUT2D eigenvalue weighted by atomic mass is 10.0. The Labute approximate surface area is 337 Å². The van der Waals surface area contributed by atoms with Gasteiger partial charge in [0.2, 0.25) is 0 Å². The first kappa shape index (κ1) is 32.4. The largest absolute Gasteiger partial charge is 0.310 e. The van der Waals surface area contributed by atoms with Crippen LogP contribution in [0, 0.1) is 0 Å². The zero-order chi connectivity index (χ0) is 37.5. The summed E-state index contributed by atoms with van der Waals surface area (Å²) in [6, 6.07) is 71.1. The van der Waals surface area contributed by atoms with Crippen molar-refractivity contribution in [3.63, 3.8) is 0 Å². The molecular weight excluding hydrogens is 729 g/mol. The van der Waals surface area contributed by atoms with Gasteiger partial charge in [-0.15, -0.1) is 22.7 Å². The molecule has 0 bridgehead atoms. The number of aromatic nitrogens is 1. The lowest BCUT2D eigenvalue weighted by Crippen LogP contribution is -2.09. The normalized spacial score (nSPS) is 11.9. The lowest BCUT2D eigenvalue weighted by molar-refractivity contribution is 1.29. The Morgan fingerprint density at radius 2 is 0.807 bits per heavy atom. The zero-order valence-electron chi connectivity index (χ0n) is 30.7. The minimum Gasteiger partial charge on any atom is -0.310 e. The maximum absolute atomic E-state index is 4.92. The molecule has 12 rings (SSSR count). The number of nitrogens with zero attached hydrogens (tertiary/aromatic N) is 2. The third-order valence-electron chi connectivity index (χ3n) is 11.4. The van der Waals surface area contributed by atoms with Gasteiger partial charge in [-0.05, 0) is 118 Å². The summed E-state index contributed by atoms with van der Waals surface area (Å²) in [6.07, 6.45) is 0. The van der Waals surface area contributed by atoms with Gasteiger partial charge in [0.05, 0.1) is 11.2 Å². The van der Waals surface area contributed by atoms with E-state index in [0.717, 1.165) is 39.2 Å². The molecule has 0 radical (unpaired) electrons. The number of hydrogen-bond acceptors (Lipinski definition) is 4. The van der Waals surface area contributed by atoms with Crippen LogP contribution in [0.25, 0.3) is 95.2 Å². The minimum absolute atomic E-state index is 0.984. The third-order valence-corrected chi connectivity index (χ3v) is 13.7. The molecule has 57 heavy (non-hydrogen) atoms. The van der Waals surface area contributed by atoms with Gasteiger partial charge in [-0.1, -0.05) is 109 Å². The number of benzene rings is 9. The fourth-order valence-corrected chi connectivity index (χ4v) is 10.8. The molecule has 0 aliphatic rings. The summed E-state index contributed by atoms with van der Waals surface area (Å²) in [4.78, 5) is 7.33. The predicted octanol–water partition coefficient (Wildman–Crippen LogP) is 16.1. The standard InChI is InChI=1S/C53H32N2S2/c1-4-10-48-35(7-1)21-26-49(54-48)36-15-13-33(14-16-36)34-17-22-41(23-18-34)55(42-24-19-37-31-52-46(29-39(37)27-42)44-8-2-5-11-50(44)56-52)43-25-20-38-32-53-47(30-40(38)28-43)45-9-3-6-12-51(45)57-53/h1-32H. The smallest absolute Gasteiger partial charge is 0.0709 e. The summed E-state index contributed by atoms with van der Waals surface area (Å²) in [6.45, 7) is 0. The van der Waals surface area contributed by atoms with E-state index >= 15 is 0 Å². The molecular formula is C53H32N2S2. The van der Waals surface area contributed by atoms with Crippen molar-refractivity contribution in [2.75, 3.05) is 4.90 Å². The maximum atomic E-state index is 4.92. The molecule has 0 aliphatic carbocycles. The summed E-state index contributed by atoms with van der Waals surface area (Å²) in [5.74, 6) is 0. The molecule has 0 saturated carbocycles. The van der Waals surface area contributed by atoms with Crippen LogP contribution in [0.1, 0.15) is 0 Å². The molecule has 0 unspecified atom stereocenters. The van der Waals surface area contributed by atoms with E-state index in [2.05, 4.69) is 193 Å². The Hall–Kier alpha value is -6.85. The average Bonchev–Trinajstić information content (AvgIpc) is 3.82. The molecule has 0 fully saturated rings. The Balaban J connectivity index is 0.965. The molecule has 0 atom stereocenters. The van der Waals surface area contributed by atoms with E-state index < -0.39 is 0 Å². The molecule has 0 N–H and O–H groups in total. The van der Waals surface area contributed by atoms with Crippen molar-refractivity contribution < 1.29 is 0 Å². The van der Waals surface area contributed by atoms with E-state index in [1.807, 2.05) is 28.7 Å². The van der Waals surface area contributed by atoms with Gasteiger partial charge in [0.1, 0.15) is 0 Å². The fourth-order valence-electron chi connectivity index (χ4n) is 8.50. The molecule has 0 aliphatic heterocycles. The molecule has 2 nitrogen and oxygen atoms in total. The quantitative estimate of drug-likeness (QED) is 0.174. The summed E-state index contributed by atoms with van der Waals surface area (Å²) in [7, 11) is 0. The van der Waals surface area contributed by atoms with Gasteiger partial charge in [0.25, 0.3) is 0 Å². The molecule has 9 aromatic carbocycles. The van der Waals surface area contributed by atoms with E-state index in [4.69, 9.17) is 4.98 Å². The minimum atomic E-state index is 0.984. The number of pyridine rings is 1. The number of hydrogen-bond donors (Lipinski definition) is 0. The maximum Gasteiger partial charge on any atom is 0.0709 e. The van der Waals surface area contributed by atoms with Crippen molar-refractivity contribution in [3.05, 3.63) is 194 Å². The highest BCUT2D eigenvalue weighted by atomic mass is 32.1. The molecule has 4 heteroatoms. The second-order valence-corrected chi connectivity index (χ2v) is 17.0. The second-order valence-electron chi connectivity index (χ2n) is 14.8. The van der Waals surface area contributed by atoms with Crippen LogP contribution in [0.2, 0.25) is 0 Å². The van der Waals surface area contributed by atoms with Crippen molar-refractivity contribution in [2.24, 2.45) is 0 Å². The topological polar surface area (TPSA) is 16.1 Å². The van der Waals surface area contributed by atoms with Gasteiger partial charge in [0.15, 0.2) is 0 Å². The van der Waals surface area contributed by atoms with Crippen LogP contribution in [-0.4, -0.2) is 4.98 Å². The van der Waals surface area contributed by atoms with Crippen molar-refractivity contribution >= 4 is 113 Å². The average molecular weight is 761 g/mol. The van der Waals surface area contributed by atoms with Crippen molar-refractivity contribution in [1.82, 2.24) is 4.98 Å². The summed E-state index contributed by atoms with van der Waals surface area (Å²) in [5.41, 5.74) is 8.82. The second kappa shape index (κ2) is 12.9. The number of rotatable bonds is 5. The Bertz CT molecular complexity index is 3370. The number of thiophene rings is 2. The highest BCUT2D eigenvalue weighted by Crippen LogP contribution is 2.43. The Kier molecular flexibility index (Phi) is 7.31. The number of fused-ring (bicyclic) bond motifs is 9. The first-order chi connectivity index (χ1) is 28.2. The molecule has 3 heterocycles. The summed E-state index contributed by atoms with van der Waals surface area (Å²) in [5, 5.41) is 11.4. The van der Waals surface area contributed by atoms with Gasteiger partial charge in [0, 0.05) is 68.4 Å². The summed E-state index contributed by atoms with van der Waals surface area (Å²) >= 11 is 3.74. The van der Waals surface area contributed by atoms with E-state index in [1.165, 1.54) is 73.0 Å². The first-order valence-corrected chi connectivity index (χ1v) is 20.9. The summed E-state index contributed by atoms with van der Waals surface area (Å²) < 4.78 is 5.31. The molecule has 0 saturated heterocycles. The molecule has 266 valence electrons. The first-order valence-electron chi connectivity index (χ1n) is 19.3. The Morgan fingerprint density at radius 1 is 0.316 bits per heavy atom. The van der Waals surface area contributed by atoms with Crippen molar-refractivity contribution in [2.45, 2.75) is 0 Å². The van der Waals surface area contributed by atoms with Crippen molar-refractivity contribution in [3.8, 4) is 22.4 Å². The van der Waals surface area contributed by atoms with Crippen LogP contribution >= 0.6 is 22.7 Å². The van der Waals surface area contributed by atoms with Gasteiger partial charge >= 0.3 is 0 Å². The van der Waals surface area contributed by atoms with Gasteiger partial charge < -0.3 is 4.90 Å². The van der Waals surface area contributed by atoms with Gasteiger partial charge in [-0.25, -0.2) is 4.98 Å². The fraction of sp³-hybridized carbons (Fsp3) is 0. The highest BCUT2D eigenvalue weighted by molar-refractivity contribution is 7.26. The third kappa shape index (κ3) is 5.48. The zero-order valence-corrected chi connectivity index (χ0v) is 32.3. The Morgan fingerprint density at radius 3 is 1.42 bits per heavy atom. The predicted molar refractivity (Wildman–Crippen MR) is 248 cm³/mol. The lowest BCUT2D eigenvalue weighted by Gasteiger charge is -2.26. The van der Waals surface area contributed by atoms with E-state index in [0.29, 0.717) is 0 Å².